The summed E-state index contributed by atoms with van der Waals surface area (Å²) >= 11 is 6.20. The van der Waals surface area contributed by atoms with Gasteiger partial charge in [0, 0.05) is 28.4 Å². The third kappa shape index (κ3) is 3.98. The highest BCUT2D eigenvalue weighted by atomic mass is 35.5. The predicted octanol–water partition coefficient (Wildman–Crippen LogP) is 6.71. The molecule has 1 amide bonds. The third-order valence-electron chi connectivity index (χ3n) is 7.10. The van der Waals surface area contributed by atoms with E-state index in [4.69, 9.17) is 26.1 Å². The van der Waals surface area contributed by atoms with Gasteiger partial charge in [0.25, 0.3) is 0 Å². The van der Waals surface area contributed by atoms with Crippen LogP contribution in [-0.2, 0) is 24.2 Å². The van der Waals surface area contributed by atoms with Gasteiger partial charge in [-0.25, -0.2) is 9.78 Å². The van der Waals surface area contributed by atoms with Crippen molar-refractivity contribution in [2.45, 2.75) is 65.2 Å². The predicted molar refractivity (Wildman–Crippen MR) is 136 cm³/mol. The summed E-state index contributed by atoms with van der Waals surface area (Å²) in [7, 11) is 0. The summed E-state index contributed by atoms with van der Waals surface area (Å²) in [5.74, 6) is 2.11. The van der Waals surface area contributed by atoms with Crippen molar-refractivity contribution < 1.29 is 14.3 Å². The normalized spacial score (nSPS) is 20.4. The van der Waals surface area contributed by atoms with Crippen molar-refractivity contribution in [2.24, 2.45) is 5.92 Å². The highest BCUT2D eigenvalue weighted by molar-refractivity contribution is 6.30. The molecule has 0 radical (unpaired) electrons. The van der Waals surface area contributed by atoms with Gasteiger partial charge in [0.1, 0.15) is 23.8 Å². The minimum absolute atomic E-state index is 0.112. The Morgan fingerprint density at radius 3 is 2.77 bits per heavy atom. The second-order valence-electron chi connectivity index (χ2n) is 11.0. The molecule has 182 valence electrons. The summed E-state index contributed by atoms with van der Waals surface area (Å²) in [6, 6.07) is 10.3. The van der Waals surface area contributed by atoms with Gasteiger partial charge in [0.2, 0.25) is 0 Å². The van der Waals surface area contributed by atoms with Crippen LogP contribution in [0.3, 0.4) is 0 Å². The minimum atomic E-state index is -0.530. The number of rotatable bonds is 1. The van der Waals surface area contributed by atoms with Crippen LogP contribution in [0.15, 0.2) is 30.3 Å². The minimum Gasteiger partial charge on any atom is -0.488 e. The average molecular weight is 492 g/mol. The lowest BCUT2D eigenvalue weighted by Crippen LogP contribution is -2.37. The molecule has 1 saturated heterocycles. The van der Waals surface area contributed by atoms with Crippen LogP contribution in [0.5, 0.6) is 5.75 Å². The lowest BCUT2D eigenvalue weighted by molar-refractivity contribution is 0.0214. The molecule has 0 spiro atoms. The molecule has 1 unspecified atom stereocenters. The van der Waals surface area contributed by atoms with E-state index in [2.05, 4.69) is 30.1 Å². The second kappa shape index (κ2) is 8.02. The van der Waals surface area contributed by atoms with E-state index in [0.717, 1.165) is 63.9 Å². The number of amides is 1. The van der Waals surface area contributed by atoms with Gasteiger partial charge < -0.3 is 14.5 Å². The summed E-state index contributed by atoms with van der Waals surface area (Å²) in [6.45, 7) is 9.05. The molecular weight excluding hydrogens is 462 g/mol. The van der Waals surface area contributed by atoms with Crippen LogP contribution in [0, 0.1) is 5.92 Å². The van der Waals surface area contributed by atoms with Crippen LogP contribution in [0.2, 0.25) is 5.02 Å². The number of ether oxygens (including phenoxy) is 2. The molecule has 3 heterocycles. The van der Waals surface area contributed by atoms with E-state index in [1.165, 1.54) is 11.1 Å². The van der Waals surface area contributed by atoms with Crippen LogP contribution in [0.1, 0.15) is 62.8 Å². The monoisotopic (exact) mass is 491 g/mol. The topological polar surface area (TPSA) is 67.5 Å². The number of aromatic nitrogens is 2. The van der Waals surface area contributed by atoms with Gasteiger partial charge in [-0.15, -0.1) is 0 Å². The summed E-state index contributed by atoms with van der Waals surface area (Å²) < 4.78 is 11.8. The molecule has 6 nitrogen and oxygen atoms in total. The lowest BCUT2D eigenvalue weighted by atomic mass is 9.87. The number of carbonyl (C=O) groups is 1. The third-order valence-corrected chi connectivity index (χ3v) is 7.33. The van der Waals surface area contributed by atoms with E-state index < -0.39 is 5.60 Å². The number of nitrogens with zero attached hydrogens (tertiary/aromatic N) is 2. The molecule has 35 heavy (non-hydrogen) atoms. The zero-order valence-electron chi connectivity index (χ0n) is 20.6. The van der Waals surface area contributed by atoms with Gasteiger partial charge in [-0.05, 0) is 86.9 Å². The Bertz CT molecular complexity index is 1340. The number of imidazole rings is 1. The van der Waals surface area contributed by atoms with Crippen molar-refractivity contribution in [3.63, 3.8) is 0 Å². The molecule has 7 heteroatoms. The molecule has 3 aliphatic rings. The van der Waals surface area contributed by atoms with Crippen molar-refractivity contribution in [2.75, 3.05) is 6.54 Å². The van der Waals surface area contributed by atoms with Gasteiger partial charge in [-0.1, -0.05) is 24.6 Å². The van der Waals surface area contributed by atoms with Gasteiger partial charge in [0.15, 0.2) is 0 Å². The van der Waals surface area contributed by atoms with Crippen molar-refractivity contribution in [3.8, 4) is 28.1 Å². The Labute approximate surface area is 210 Å². The number of halogens is 1. The van der Waals surface area contributed by atoms with Crippen molar-refractivity contribution in [3.05, 3.63) is 58.0 Å². The molecule has 3 aromatic rings. The van der Waals surface area contributed by atoms with E-state index in [1.54, 1.807) is 0 Å². The zero-order valence-corrected chi connectivity index (χ0v) is 21.3. The number of hydrogen-bond acceptors (Lipinski definition) is 4. The smallest absolute Gasteiger partial charge is 0.410 e. The van der Waals surface area contributed by atoms with Gasteiger partial charge in [-0.2, -0.15) is 0 Å². The fourth-order valence-electron chi connectivity index (χ4n) is 5.56. The van der Waals surface area contributed by atoms with E-state index in [-0.39, 0.29) is 12.1 Å². The molecule has 1 fully saturated rings. The number of H-pyrrole nitrogens is 1. The Balaban J connectivity index is 1.36. The van der Waals surface area contributed by atoms with Crippen LogP contribution < -0.4 is 4.74 Å². The first-order valence-corrected chi connectivity index (χ1v) is 12.7. The summed E-state index contributed by atoms with van der Waals surface area (Å²) in [4.78, 5) is 23.4. The maximum Gasteiger partial charge on any atom is 0.410 e. The van der Waals surface area contributed by atoms with Crippen molar-refractivity contribution in [1.82, 2.24) is 14.9 Å². The molecule has 1 aliphatic carbocycles. The van der Waals surface area contributed by atoms with Crippen LogP contribution in [0.25, 0.3) is 22.4 Å². The van der Waals surface area contributed by atoms with Crippen molar-refractivity contribution in [1.29, 1.82) is 0 Å². The fourth-order valence-corrected chi connectivity index (χ4v) is 5.75. The number of fused-ring (bicyclic) bond motifs is 6. The number of benzene rings is 2. The first-order valence-electron chi connectivity index (χ1n) is 12.3. The van der Waals surface area contributed by atoms with Crippen molar-refractivity contribution >= 4 is 17.7 Å². The molecule has 0 bridgehead atoms. The Morgan fingerprint density at radius 1 is 1.14 bits per heavy atom. The number of aromatic amines is 1. The first kappa shape index (κ1) is 22.5. The highest BCUT2D eigenvalue weighted by Crippen LogP contribution is 2.45. The molecule has 2 atom stereocenters. The molecular formula is C28H30ClN3O3. The highest BCUT2D eigenvalue weighted by Gasteiger charge is 2.39. The van der Waals surface area contributed by atoms with E-state index >= 15 is 0 Å². The quantitative estimate of drug-likeness (QED) is 0.411. The standard InChI is InChI=1S/C28H30ClN3O3/c1-15-9-23(32(13-15)27(33)35-28(2,3)4)26-30-22-8-5-16-11-21-19-7-6-18(29)10-17(19)14-34-24(21)12-20(16)25(22)31-26/h6-7,10-12,15,23H,5,8-9,13-14H2,1-4H3,(H,30,31)/t15-,23?/m0/s1. The number of aryl methyl sites for hydroxylation is 2. The molecule has 6 rings (SSSR count). The van der Waals surface area contributed by atoms with E-state index in [0.29, 0.717) is 19.1 Å². The molecule has 1 aromatic heterocycles. The van der Waals surface area contributed by atoms with E-state index in [1.807, 2.05) is 37.8 Å². The number of carbonyl (C=O) groups excluding carboxylic acids is 1. The maximum atomic E-state index is 13.0. The van der Waals surface area contributed by atoms with Gasteiger partial charge >= 0.3 is 6.09 Å². The van der Waals surface area contributed by atoms with Crippen LogP contribution >= 0.6 is 11.6 Å². The van der Waals surface area contributed by atoms with Gasteiger partial charge in [0.05, 0.1) is 11.7 Å². The number of nitrogens with one attached hydrogen (secondary N) is 1. The SMILES string of the molecule is C[C@H]1CC(c2nc3c([nH]2)CCc2cc4c(cc2-3)OCc2cc(Cl)ccc2-4)N(C(=O)OC(C)(C)C)C1. The van der Waals surface area contributed by atoms with Crippen LogP contribution in [0.4, 0.5) is 4.79 Å². The largest absolute Gasteiger partial charge is 0.488 e. The number of likely N-dealkylation sites (tertiary alicyclic amines) is 1. The summed E-state index contributed by atoms with van der Waals surface area (Å²) in [5.41, 5.74) is 7.35. The summed E-state index contributed by atoms with van der Waals surface area (Å²) in [5, 5.41) is 0.726. The molecule has 2 aliphatic heterocycles. The van der Waals surface area contributed by atoms with Gasteiger partial charge in [-0.3, -0.25) is 4.90 Å². The van der Waals surface area contributed by atoms with Crippen LogP contribution in [-0.4, -0.2) is 33.1 Å². The zero-order chi connectivity index (χ0) is 24.5. The molecule has 2 aromatic carbocycles. The maximum absolute atomic E-state index is 13.0. The van der Waals surface area contributed by atoms with E-state index in [9.17, 15) is 4.79 Å². The second-order valence-corrected chi connectivity index (χ2v) is 11.5. The lowest BCUT2D eigenvalue weighted by Gasteiger charge is -2.27. The molecule has 1 N–H and O–H groups in total. The summed E-state index contributed by atoms with van der Waals surface area (Å²) in [6.07, 6.45) is 2.40. The Hall–Kier alpha value is -2.99. The number of hydrogen-bond donors (Lipinski definition) is 1. The Kier molecular flexibility index (Phi) is 5.15. The molecule has 0 saturated carbocycles. The Morgan fingerprint density at radius 2 is 1.97 bits per heavy atom. The first-order chi connectivity index (χ1) is 16.7. The average Bonchev–Trinajstić information content (AvgIpc) is 3.40. The fraction of sp³-hybridized carbons (Fsp3) is 0.429.